The number of anilines is 1. The lowest BCUT2D eigenvalue weighted by molar-refractivity contribution is -0.122. The first kappa shape index (κ1) is 21.4. The third kappa shape index (κ3) is 5.21. The zero-order valence-corrected chi connectivity index (χ0v) is 17.9. The molecule has 1 atom stereocenters. The van der Waals surface area contributed by atoms with Crippen LogP contribution in [0.1, 0.15) is 26.5 Å². The molecule has 0 aliphatic carbocycles. The zero-order valence-electron chi connectivity index (χ0n) is 17.1. The molecule has 2 amide bonds. The minimum Gasteiger partial charge on any atom is -0.465 e. The Balaban J connectivity index is 1.83. The van der Waals surface area contributed by atoms with Gasteiger partial charge in [0.25, 0.3) is 0 Å². The Morgan fingerprint density at radius 1 is 1.10 bits per heavy atom. The molecule has 0 fully saturated rings. The minimum atomic E-state index is -1.15. The van der Waals surface area contributed by atoms with Gasteiger partial charge >= 0.3 is 6.09 Å². The summed E-state index contributed by atoms with van der Waals surface area (Å²) in [5, 5.41) is 14.5. The highest BCUT2D eigenvalue weighted by Crippen LogP contribution is 2.24. The van der Waals surface area contributed by atoms with Crippen LogP contribution in [0.25, 0.3) is 11.1 Å². The molecule has 1 aromatic carbocycles. The van der Waals surface area contributed by atoms with Crippen molar-refractivity contribution < 1.29 is 14.7 Å². The Bertz CT molecular complexity index is 983. The normalized spacial score (nSPS) is 12.2. The van der Waals surface area contributed by atoms with E-state index in [-0.39, 0.29) is 6.42 Å². The second kappa shape index (κ2) is 9.04. The molecule has 7 nitrogen and oxygen atoms in total. The van der Waals surface area contributed by atoms with Gasteiger partial charge in [-0.1, -0.05) is 12.1 Å². The number of thiazole rings is 1. The van der Waals surface area contributed by atoms with Crippen LogP contribution < -0.4 is 5.32 Å². The Labute approximate surface area is 179 Å². The third-order valence-electron chi connectivity index (χ3n) is 4.60. The average Bonchev–Trinajstić information content (AvgIpc) is 3.20. The van der Waals surface area contributed by atoms with Gasteiger partial charge in [-0.2, -0.15) is 0 Å². The van der Waals surface area contributed by atoms with E-state index in [9.17, 15) is 14.7 Å². The summed E-state index contributed by atoms with van der Waals surface area (Å²) in [6, 6.07) is 10.3. The molecule has 156 valence electrons. The second-order valence-corrected chi connectivity index (χ2v) is 8.54. The summed E-state index contributed by atoms with van der Waals surface area (Å²) in [6.07, 6.45) is 2.50. The van der Waals surface area contributed by atoms with Gasteiger partial charge in [0.1, 0.15) is 6.04 Å². The van der Waals surface area contributed by atoms with Crippen LogP contribution in [0, 0.1) is 0 Å². The van der Waals surface area contributed by atoms with Gasteiger partial charge in [0.2, 0.25) is 5.91 Å². The van der Waals surface area contributed by atoms with Gasteiger partial charge in [-0.05, 0) is 56.2 Å². The van der Waals surface area contributed by atoms with E-state index < -0.39 is 23.6 Å². The molecule has 0 bridgehead atoms. The molecule has 0 saturated heterocycles. The average molecular weight is 425 g/mol. The van der Waals surface area contributed by atoms with E-state index in [1.54, 1.807) is 50.8 Å². The van der Waals surface area contributed by atoms with Gasteiger partial charge in [-0.25, -0.2) is 9.78 Å². The number of carbonyl (C=O) groups is 2. The van der Waals surface area contributed by atoms with Gasteiger partial charge < -0.3 is 10.4 Å². The topological polar surface area (TPSA) is 95.4 Å². The number of carbonyl (C=O) groups excluding carboxylic acids is 1. The van der Waals surface area contributed by atoms with Crippen molar-refractivity contribution in [1.82, 2.24) is 14.9 Å². The first-order valence-corrected chi connectivity index (χ1v) is 10.4. The van der Waals surface area contributed by atoms with Crippen molar-refractivity contribution in [2.24, 2.45) is 0 Å². The van der Waals surface area contributed by atoms with Crippen LogP contribution in [0.3, 0.4) is 0 Å². The standard InChI is InChI=1S/C22H24N4O3S/c1-22(2,3)26(21(28)29)19(12-18-13-30-14-24-18)20(27)25-17-6-4-15(5-7-17)16-8-10-23-11-9-16/h4-11,13-14,19H,12H2,1-3H3,(H,25,27)(H,28,29)/t19-/m1/s1. The lowest BCUT2D eigenvalue weighted by Gasteiger charge is -2.38. The van der Waals surface area contributed by atoms with E-state index in [0.29, 0.717) is 11.4 Å². The van der Waals surface area contributed by atoms with Crippen molar-refractivity contribution in [2.75, 3.05) is 5.32 Å². The van der Waals surface area contributed by atoms with Gasteiger partial charge in [0.05, 0.1) is 11.2 Å². The second-order valence-electron chi connectivity index (χ2n) is 7.83. The molecule has 0 aliphatic heterocycles. The maximum absolute atomic E-state index is 13.1. The van der Waals surface area contributed by atoms with Crippen LogP contribution in [0.4, 0.5) is 10.5 Å². The molecule has 0 saturated carbocycles. The Hall–Kier alpha value is -3.26. The number of amides is 2. The van der Waals surface area contributed by atoms with E-state index in [1.165, 1.54) is 16.2 Å². The van der Waals surface area contributed by atoms with Gasteiger partial charge in [0.15, 0.2) is 0 Å². The number of rotatable bonds is 6. The van der Waals surface area contributed by atoms with E-state index in [4.69, 9.17) is 0 Å². The Morgan fingerprint density at radius 3 is 2.27 bits per heavy atom. The van der Waals surface area contributed by atoms with Crippen molar-refractivity contribution in [3.63, 3.8) is 0 Å². The fourth-order valence-electron chi connectivity index (χ4n) is 3.24. The largest absolute Gasteiger partial charge is 0.465 e. The number of benzene rings is 1. The molecular formula is C22H24N4O3S. The molecular weight excluding hydrogens is 400 g/mol. The molecule has 30 heavy (non-hydrogen) atoms. The maximum atomic E-state index is 13.1. The fourth-order valence-corrected chi connectivity index (χ4v) is 3.81. The van der Waals surface area contributed by atoms with Crippen molar-refractivity contribution in [3.05, 3.63) is 65.4 Å². The summed E-state index contributed by atoms with van der Waals surface area (Å²) in [7, 11) is 0. The van der Waals surface area contributed by atoms with E-state index >= 15 is 0 Å². The van der Waals surface area contributed by atoms with Crippen LogP contribution in [-0.2, 0) is 11.2 Å². The number of pyridine rings is 1. The van der Waals surface area contributed by atoms with E-state index in [0.717, 1.165) is 11.1 Å². The number of nitrogens with zero attached hydrogens (tertiary/aromatic N) is 3. The number of aromatic nitrogens is 2. The summed E-state index contributed by atoms with van der Waals surface area (Å²) < 4.78 is 0. The smallest absolute Gasteiger partial charge is 0.408 e. The van der Waals surface area contributed by atoms with Gasteiger partial charge in [0, 0.05) is 35.4 Å². The fraction of sp³-hybridized carbons (Fsp3) is 0.273. The van der Waals surface area contributed by atoms with Crippen LogP contribution in [-0.4, -0.2) is 43.6 Å². The lowest BCUT2D eigenvalue weighted by atomic mass is 10.00. The number of carboxylic acid groups (broad SMARTS) is 1. The third-order valence-corrected chi connectivity index (χ3v) is 5.23. The van der Waals surface area contributed by atoms with Crippen LogP contribution >= 0.6 is 11.3 Å². The monoisotopic (exact) mass is 424 g/mol. The van der Waals surface area contributed by atoms with Crippen molar-refractivity contribution in [3.8, 4) is 11.1 Å². The van der Waals surface area contributed by atoms with Crippen molar-refractivity contribution >= 4 is 29.0 Å². The molecule has 0 unspecified atom stereocenters. The van der Waals surface area contributed by atoms with Crippen molar-refractivity contribution in [1.29, 1.82) is 0 Å². The van der Waals surface area contributed by atoms with Crippen LogP contribution in [0.5, 0.6) is 0 Å². The van der Waals surface area contributed by atoms with Crippen LogP contribution in [0.2, 0.25) is 0 Å². The Morgan fingerprint density at radius 2 is 1.73 bits per heavy atom. The van der Waals surface area contributed by atoms with Crippen molar-refractivity contribution in [2.45, 2.75) is 38.8 Å². The highest BCUT2D eigenvalue weighted by Gasteiger charge is 2.38. The predicted molar refractivity (Wildman–Crippen MR) is 118 cm³/mol. The number of hydrogen-bond donors (Lipinski definition) is 2. The summed E-state index contributed by atoms with van der Waals surface area (Å²) >= 11 is 1.41. The minimum absolute atomic E-state index is 0.202. The SMILES string of the molecule is CC(C)(C)N(C(=O)O)[C@H](Cc1cscn1)C(=O)Nc1ccc(-c2ccncc2)cc1. The highest BCUT2D eigenvalue weighted by atomic mass is 32.1. The first-order chi connectivity index (χ1) is 14.3. The summed E-state index contributed by atoms with van der Waals surface area (Å²) in [5.74, 6) is -0.392. The highest BCUT2D eigenvalue weighted by molar-refractivity contribution is 7.07. The summed E-state index contributed by atoms with van der Waals surface area (Å²) in [6.45, 7) is 5.31. The molecule has 3 aromatic rings. The zero-order chi connectivity index (χ0) is 21.7. The van der Waals surface area contributed by atoms with Gasteiger partial charge in [-0.3, -0.25) is 14.7 Å². The first-order valence-electron chi connectivity index (χ1n) is 9.46. The van der Waals surface area contributed by atoms with E-state index in [1.807, 2.05) is 29.6 Å². The molecule has 2 heterocycles. The van der Waals surface area contributed by atoms with Crippen LogP contribution in [0.15, 0.2) is 59.7 Å². The molecule has 3 rings (SSSR count). The summed E-state index contributed by atoms with van der Waals surface area (Å²) in [5.41, 5.74) is 4.22. The molecule has 0 aliphatic rings. The maximum Gasteiger partial charge on any atom is 0.408 e. The lowest BCUT2D eigenvalue weighted by Crippen LogP contribution is -2.56. The quantitative estimate of drug-likeness (QED) is 0.606. The molecule has 8 heteroatoms. The number of nitrogens with one attached hydrogen (secondary N) is 1. The Kier molecular flexibility index (Phi) is 6.47. The number of hydrogen-bond acceptors (Lipinski definition) is 5. The van der Waals surface area contributed by atoms with E-state index in [2.05, 4.69) is 15.3 Å². The summed E-state index contributed by atoms with van der Waals surface area (Å²) in [4.78, 5) is 34.6. The molecule has 2 aromatic heterocycles. The molecule has 0 spiro atoms. The van der Waals surface area contributed by atoms with Gasteiger partial charge in [-0.15, -0.1) is 11.3 Å². The molecule has 2 N–H and O–H groups in total. The predicted octanol–water partition coefficient (Wildman–Crippen LogP) is 4.53. The molecule has 0 radical (unpaired) electrons.